The first-order valence-electron chi connectivity index (χ1n) is 11.9. The zero-order valence-corrected chi connectivity index (χ0v) is 18.5. The standard InChI is InChI=1S/C24H29N3O5/c1-14-12-30-13-24(14)19-16(7-5-11-31-24)22(29)26-21(25-19)18-15-6-4-10-23(20(15)32-27-18)9-3-2-8-17(23)28/h14H,2-13H2,1H3,(H,25,26,29)/t14-,23+,24-/m0/s1. The molecule has 1 N–H and O–H groups in total. The van der Waals surface area contributed by atoms with Crippen molar-refractivity contribution in [1.29, 1.82) is 0 Å². The number of rotatable bonds is 1. The lowest BCUT2D eigenvalue weighted by Gasteiger charge is -2.36. The molecule has 0 bridgehead atoms. The molecule has 2 aromatic heterocycles. The van der Waals surface area contributed by atoms with Crippen molar-refractivity contribution < 1.29 is 18.8 Å². The van der Waals surface area contributed by atoms with Crippen molar-refractivity contribution in [3.05, 3.63) is 32.9 Å². The summed E-state index contributed by atoms with van der Waals surface area (Å²) in [5.74, 6) is 1.46. The van der Waals surface area contributed by atoms with E-state index >= 15 is 0 Å². The van der Waals surface area contributed by atoms with Crippen LogP contribution in [0.4, 0.5) is 0 Å². The summed E-state index contributed by atoms with van der Waals surface area (Å²) in [7, 11) is 0. The van der Waals surface area contributed by atoms with Crippen LogP contribution in [0.5, 0.6) is 0 Å². The Labute approximate surface area is 186 Å². The Kier molecular flexibility index (Phi) is 4.66. The highest BCUT2D eigenvalue weighted by Gasteiger charge is 2.50. The number of ether oxygens (including phenoxy) is 2. The lowest BCUT2D eigenvalue weighted by molar-refractivity contribution is -0.128. The smallest absolute Gasteiger partial charge is 0.254 e. The molecule has 4 aliphatic rings. The number of aromatic amines is 1. The van der Waals surface area contributed by atoms with E-state index in [1.807, 2.05) is 0 Å². The quantitative estimate of drug-likeness (QED) is 0.728. The van der Waals surface area contributed by atoms with Gasteiger partial charge in [0, 0.05) is 30.1 Å². The number of hydrogen-bond donors (Lipinski definition) is 1. The van der Waals surface area contributed by atoms with E-state index in [0.29, 0.717) is 61.2 Å². The van der Waals surface area contributed by atoms with Crippen LogP contribution in [0.15, 0.2) is 9.32 Å². The lowest BCUT2D eigenvalue weighted by atomic mass is 9.64. The molecule has 3 atom stereocenters. The summed E-state index contributed by atoms with van der Waals surface area (Å²) in [5.41, 5.74) is 1.43. The first-order chi connectivity index (χ1) is 15.6. The second kappa shape index (κ2) is 7.35. The van der Waals surface area contributed by atoms with Gasteiger partial charge in [0.05, 0.1) is 24.3 Å². The highest BCUT2D eigenvalue weighted by atomic mass is 16.6. The number of nitrogens with one attached hydrogen (secondary N) is 1. The second-order valence-corrected chi connectivity index (χ2v) is 9.90. The van der Waals surface area contributed by atoms with Crippen LogP contribution in [-0.4, -0.2) is 40.7 Å². The van der Waals surface area contributed by atoms with Gasteiger partial charge in [-0.1, -0.05) is 18.5 Å². The zero-order chi connectivity index (χ0) is 21.9. The fraction of sp³-hybridized carbons (Fsp3) is 0.667. The van der Waals surface area contributed by atoms with Crippen molar-refractivity contribution in [3.63, 3.8) is 0 Å². The highest BCUT2D eigenvalue weighted by molar-refractivity contribution is 5.91. The number of nitrogens with zero attached hydrogens (tertiary/aromatic N) is 2. The molecular formula is C24H29N3O5. The maximum Gasteiger partial charge on any atom is 0.254 e. The zero-order valence-electron chi connectivity index (χ0n) is 18.5. The first-order valence-corrected chi connectivity index (χ1v) is 11.9. The van der Waals surface area contributed by atoms with Crippen LogP contribution in [0.3, 0.4) is 0 Å². The van der Waals surface area contributed by atoms with Gasteiger partial charge in [0.25, 0.3) is 5.56 Å². The van der Waals surface area contributed by atoms with E-state index in [-0.39, 0.29) is 17.3 Å². The fourth-order valence-electron chi connectivity index (χ4n) is 6.29. The average Bonchev–Trinajstić information content (AvgIpc) is 3.33. The number of H-pyrrole nitrogens is 1. The number of carbonyl (C=O) groups excluding carboxylic acids is 1. The second-order valence-electron chi connectivity index (χ2n) is 9.90. The van der Waals surface area contributed by atoms with Gasteiger partial charge < -0.3 is 19.0 Å². The van der Waals surface area contributed by atoms with Gasteiger partial charge in [-0.25, -0.2) is 4.98 Å². The fourth-order valence-corrected chi connectivity index (χ4v) is 6.29. The number of carbonyl (C=O) groups is 1. The van der Waals surface area contributed by atoms with Gasteiger partial charge in [0.1, 0.15) is 11.4 Å². The normalized spacial score (nSPS) is 32.2. The lowest BCUT2D eigenvalue weighted by Crippen LogP contribution is -2.41. The molecule has 1 saturated heterocycles. The minimum absolute atomic E-state index is 0.0934. The minimum Gasteiger partial charge on any atom is -0.378 e. The molecule has 32 heavy (non-hydrogen) atoms. The third kappa shape index (κ3) is 2.75. The van der Waals surface area contributed by atoms with E-state index in [4.69, 9.17) is 19.0 Å². The SMILES string of the molecule is C[C@H]1COC[C@]12OCCCc1c2nc(-c2noc3c2CCC[C@@]32CCCCC2=O)[nH]c1=O. The van der Waals surface area contributed by atoms with Gasteiger partial charge >= 0.3 is 0 Å². The topological polar surface area (TPSA) is 107 Å². The Morgan fingerprint density at radius 2 is 1.88 bits per heavy atom. The molecule has 2 aromatic rings. The highest BCUT2D eigenvalue weighted by Crippen LogP contribution is 2.48. The molecule has 4 heterocycles. The van der Waals surface area contributed by atoms with Gasteiger partial charge in [-0.2, -0.15) is 0 Å². The summed E-state index contributed by atoms with van der Waals surface area (Å²) >= 11 is 0. The molecule has 0 aromatic carbocycles. The third-order valence-corrected chi connectivity index (χ3v) is 8.10. The van der Waals surface area contributed by atoms with Crippen LogP contribution in [-0.2, 0) is 38.1 Å². The summed E-state index contributed by atoms with van der Waals surface area (Å²) in [6.07, 6.45) is 7.26. The molecule has 2 aliphatic carbocycles. The molecule has 2 spiro atoms. The Hall–Kier alpha value is -2.32. The van der Waals surface area contributed by atoms with Crippen molar-refractivity contribution >= 4 is 5.78 Å². The van der Waals surface area contributed by atoms with Crippen LogP contribution in [0.25, 0.3) is 11.5 Å². The van der Waals surface area contributed by atoms with Crippen molar-refractivity contribution in [2.75, 3.05) is 19.8 Å². The van der Waals surface area contributed by atoms with E-state index in [1.165, 1.54) is 0 Å². The number of Topliss-reactive ketones (excluding diaryl/α,β-unsaturated/α-hetero) is 1. The number of ketones is 1. The summed E-state index contributed by atoms with van der Waals surface area (Å²) in [5, 5.41) is 4.37. The molecule has 1 saturated carbocycles. The van der Waals surface area contributed by atoms with Crippen LogP contribution >= 0.6 is 0 Å². The van der Waals surface area contributed by atoms with Gasteiger partial charge in [-0.05, 0) is 44.9 Å². The number of aromatic nitrogens is 3. The summed E-state index contributed by atoms with van der Waals surface area (Å²) in [6.45, 7) is 3.63. The Morgan fingerprint density at radius 3 is 2.69 bits per heavy atom. The molecule has 0 unspecified atom stereocenters. The molecule has 2 aliphatic heterocycles. The maximum atomic E-state index is 13.2. The Balaban J connectivity index is 1.50. The minimum atomic E-state index is -0.709. The van der Waals surface area contributed by atoms with E-state index in [1.54, 1.807) is 0 Å². The van der Waals surface area contributed by atoms with Crippen molar-refractivity contribution in [2.24, 2.45) is 5.92 Å². The maximum absolute atomic E-state index is 13.2. The molecular weight excluding hydrogens is 410 g/mol. The van der Waals surface area contributed by atoms with Gasteiger partial charge in [-0.15, -0.1) is 0 Å². The molecule has 8 nitrogen and oxygen atoms in total. The van der Waals surface area contributed by atoms with Crippen molar-refractivity contribution in [2.45, 2.75) is 75.7 Å². The van der Waals surface area contributed by atoms with Crippen LogP contribution < -0.4 is 5.56 Å². The molecule has 8 heteroatoms. The van der Waals surface area contributed by atoms with Crippen molar-refractivity contribution in [3.8, 4) is 11.5 Å². The first kappa shape index (κ1) is 20.3. The Bertz CT molecular complexity index is 1140. The van der Waals surface area contributed by atoms with E-state index in [9.17, 15) is 9.59 Å². The van der Waals surface area contributed by atoms with Crippen LogP contribution in [0.2, 0.25) is 0 Å². The van der Waals surface area contributed by atoms with E-state index in [0.717, 1.165) is 50.5 Å². The monoisotopic (exact) mass is 439 g/mol. The van der Waals surface area contributed by atoms with Gasteiger partial charge in [0.15, 0.2) is 17.3 Å². The predicted molar refractivity (Wildman–Crippen MR) is 114 cm³/mol. The van der Waals surface area contributed by atoms with Gasteiger partial charge in [-0.3, -0.25) is 9.59 Å². The predicted octanol–water partition coefficient (Wildman–Crippen LogP) is 2.97. The Morgan fingerprint density at radius 1 is 1.03 bits per heavy atom. The van der Waals surface area contributed by atoms with E-state index < -0.39 is 11.0 Å². The molecule has 6 rings (SSSR count). The summed E-state index contributed by atoms with van der Waals surface area (Å²) < 4.78 is 17.9. The summed E-state index contributed by atoms with van der Waals surface area (Å²) in [6, 6.07) is 0. The molecule has 2 fully saturated rings. The number of hydrogen-bond acceptors (Lipinski definition) is 7. The summed E-state index contributed by atoms with van der Waals surface area (Å²) in [4.78, 5) is 34.1. The van der Waals surface area contributed by atoms with Gasteiger partial charge in [0.2, 0.25) is 0 Å². The molecule has 0 radical (unpaired) electrons. The number of fused-ring (bicyclic) bond motifs is 4. The molecule has 0 amide bonds. The van der Waals surface area contributed by atoms with E-state index in [2.05, 4.69) is 17.1 Å². The van der Waals surface area contributed by atoms with Crippen molar-refractivity contribution in [1.82, 2.24) is 15.1 Å². The van der Waals surface area contributed by atoms with Crippen LogP contribution in [0.1, 0.15) is 74.5 Å². The average molecular weight is 440 g/mol. The molecule has 170 valence electrons. The van der Waals surface area contributed by atoms with Crippen LogP contribution in [0, 0.1) is 5.92 Å². The largest absolute Gasteiger partial charge is 0.378 e. The third-order valence-electron chi connectivity index (χ3n) is 8.10.